The average Bonchev–Trinajstić information content (AvgIpc) is 2.17. The van der Waals surface area contributed by atoms with Gasteiger partial charge < -0.3 is 5.32 Å². The summed E-state index contributed by atoms with van der Waals surface area (Å²) in [6.07, 6.45) is 4.94. The molecule has 1 rings (SSSR count). The second-order valence-corrected chi connectivity index (χ2v) is 6.13. The van der Waals surface area contributed by atoms with Gasteiger partial charge in [-0.05, 0) is 24.2 Å². The Hall–Kier alpha value is -0.0500. The summed E-state index contributed by atoms with van der Waals surface area (Å²) < 4.78 is 0. The van der Waals surface area contributed by atoms with Crippen LogP contribution in [0.2, 0.25) is 0 Å². The van der Waals surface area contributed by atoms with Gasteiger partial charge in [-0.25, -0.2) is 0 Å². The molecular formula is C12H22BrNO. The molecule has 0 aliphatic heterocycles. The highest BCUT2D eigenvalue weighted by Crippen LogP contribution is 2.37. The number of rotatable bonds is 2. The average molecular weight is 276 g/mol. The number of hydrogen-bond acceptors (Lipinski definition) is 1. The highest BCUT2D eigenvalue weighted by molar-refractivity contribution is 9.09. The van der Waals surface area contributed by atoms with Crippen LogP contribution >= 0.6 is 15.9 Å². The maximum absolute atomic E-state index is 11.4. The minimum atomic E-state index is 0.121. The van der Waals surface area contributed by atoms with Gasteiger partial charge in [0.05, 0.1) is 5.33 Å². The van der Waals surface area contributed by atoms with Crippen LogP contribution in [0.1, 0.15) is 46.5 Å². The molecule has 2 atom stereocenters. The first kappa shape index (κ1) is 13.0. The second kappa shape index (κ2) is 5.33. The van der Waals surface area contributed by atoms with E-state index in [-0.39, 0.29) is 5.91 Å². The van der Waals surface area contributed by atoms with Gasteiger partial charge in [0.15, 0.2) is 0 Å². The van der Waals surface area contributed by atoms with Gasteiger partial charge in [-0.1, -0.05) is 49.5 Å². The number of nitrogens with one attached hydrogen (secondary N) is 1. The first-order valence-corrected chi connectivity index (χ1v) is 6.92. The zero-order valence-electron chi connectivity index (χ0n) is 9.98. The first-order chi connectivity index (χ1) is 6.95. The van der Waals surface area contributed by atoms with E-state index in [1.165, 1.54) is 19.3 Å². The number of carbonyl (C=O) groups is 1. The Morgan fingerprint density at radius 2 is 1.93 bits per heavy atom. The Morgan fingerprint density at radius 1 is 1.33 bits per heavy atom. The molecular weight excluding hydrogens is 254 g/mol. The monoisotopic (exact) mass is 275 g/mol. The summed E-state index contributed by atoms with van der Waals surface area (Å²) in [6, 6.07) is 0.379. The van der Waals surface area contributed by atoms with E-state index in [1.807, 2.05) is 0 Å². The summed E-state index contributed by atoms with van der Waals surface area (Å²) in [7, 11) is 0. The number of amides is 1. The molecule has 88 valence electrons. The molecule has 0 radical (unpaired) electrons. The molecule has 1 saturated carbocycles. The van der Waals surface area contributed by atoms with Crippen LogP contribution in [-0.4, -0.2) is 17.3 Å². The Morgan fingerprint density at radius 3 is 2.47 bits per heavy atom. The fourth-order valence-corrected chi connectivity index (χ4v) is 2.75. The molecule has 0 aromatic carbocycles. The molecule has 1 amide bonds. The molecule has 0 heterocycles. The van der Waals surface area contributed by atoms with Crippen LogP contribution in [0.4, 0.5) is 0 Å². The summed E-state index contributed by atoms with van der Waals surface area (Å²) in [5.41, 5.74) is 0.296. The molecule has 0 aromatic rings. The number of carbonyl (C=O) groups excluding carboxylic acids is 1. The fourth-order valence-electron chi connectivity index (χ4n) is 2.59. The molecule has 1 aliphatic rings. The van der Waals surface area contributed by atoms with Crippen LogP contribution in [0.15, 0.2) is 0 Å². The highest BCUT2D eigenvalue weighted by atomic mass is 79.9. The lowest BCUT2D eigenvalue weighted by Crippen LogP contribution is -2.47. The topological polar surface area (TPSA) is 29.1 Å². The Labute approximate surface area is 101 Å². The van der Waals surface area contributed by atoms with Gasteiger partial charge in [0.2, 0.25) is 5.91 Å². The molecule has 0 aromatic heterocycles. The second-order valence-electron chi connectivity index (χ2n) is 5.56. The van der Waals surface area contributed by atoms with Gasteiger partial charge in [0.25, 0.3) is 0 Å². The zero-order valence-corrected chi connectivity index (χ0v) is 11.6. The predicted octanol–water partition coefficient (Wildman–Crippen LogP) is 3.10. The summed E-state index contributed by atoms with van der Waals surface area (Å²) in [5.74, 6) is 0.741. The zero-order chi connectivity index (χ0) is 11.5. The van der Waals surface area contributed by atoms with Crippen molar-refractivity contribution in [2.75, 3.05) is 5.33 Å². The van der Waals surface area contributed by atoms with E-state index in [1.54, 1.807) is 0 Å². The maximum atomic E-state index is 11.4. The van der Waals surface area contributed by atoms with Crippen LogP contribution in [0, 0.1) is 11.3 Å². The van der Waals surface area contributed by atoms with E-state index in [4.69, 9.17) is 0 Å². The molecule has 2 unspecified atom stereocenters. The highest BCUT2D eigenvalue weighted by Gasteiger charge is 2.34. The quantitative estimate of drug-likeness (QED) is 0.771. The molecule has 1 fully saturated rings. The van der Waals surface area contributed by atoms with Crippen molar-refractivity contribution in [3.8, 4) is 0 Å². The molecule has 1 aliphatic carbocycles. The van der Waals surface area contributed by atoms with E-state index in [9.17, 15) is 4.79 Å². The van der Waals surface area contributed by atoms with Crippen molar-refractivity contribution >= 4 is 21.8 Å². The van der Waals surface area contributed by atoms with Crippen LogP contribution in [0.25, 0.3) is 0 Å². The number of halogens is 1. The molecule has 0 bridgehead atoms. The van der Waals surface area contributed by atoms with Gasteiger partial charge in [0.1, 0.15) is 0 Å². The van der Waals surface area contributed by atoms with Gasteiger partial charge in [-0.15, -0.1) is 0 Å². The van der Waals surface area contributed by atoms with Gasteiger partial charge >= 0.3 is 0 Å². The smallest absolute Gasteiger partial charge is 0.230 e. The largest absolute Gasteiger partial charge is 0.352 e. The minimum absolute atomic E-state index is 0.121. The van der Waals surface area contributed by atoms with E-state index >= 15 is 0 Å². The molecule has 3 heteroatoms. The lowest BCUT2D eigenvalue weighted by atomic mass is 9.69. The van der Waals surface area contributed by atoms with Crippen molar-refractivity contribution in [3.63, 3.8) is 0 Å². The van der Waals surface area contributed by atoms with Crippen LogP contribution in [0.3, 0.4) is 0 Å². The SMILES string of the molecule is CC(C)(C)C1CCCCC1NC(=O)CBr. The van der Waals surface area contributed by atoms with Crippen molar-refractivity contribution < 1.29 is 4.79 Å². The van der Waals surface area contributed by atoms with Gasteiger partial charge in [0, 0.05) is 6.04 Å². The van der Waals surface area contributed by atoms with E-state index < -0.39 is 0 Å². The molecule has 0 saturated heterocycles. The summed E-state index contributed by atoms with van der Waals surface area (Å²) in [4.78, 5) is 11.4. The van der Waals surface area contributed by atoms with E-state index in [0.29, 0.717) is 22.7 Å². The summed E-state index contributed by atoms with van der Waals surface area (Å²) in [6.45, 7) is 6.82. The fraction of sp³-hybridized carbons (Fsp3) is 0.917. The molecule has 2 nitrogen and oxygen atoms in total. The third-order valence-corrected chi connectivity index (χ3v) is 3.86. The standard InChI is InChI=1S/C12H22BrNO/c1-12(2,3)9-6-4-5-7-10(9)14-11(15)8-13/h9-10H,4-8H2,1-3H3,(H,14,15). The van der Waals surface area contributed by atoms with Crippen molar-refractivity contribution in [2.24, 2.45) is 11.3 Å². The number of hydrogen-bond donors (Lipinski definition) is 1. The van der Waals surface area contributed by atoms with Crippen molar-refractivity contribution in [2.45, 2.75) is 52.5 Å². The van der Waals surface area contributed by atoms with Crippen LogP contribution < -0.4 is 5.32 Å². The first-order valence-electron chi connectivity index (χ1n) is 5.80. The van der Waals surface area contributed by atoms with E-state index in [0.717, 1.165) is 6.42 Å². The Bertz CT molecular complexity index is 222. The van der Waals surface area contributed by atoms with Crippen molar-refractivity contribution in [1.82, 2.24) is 5.32 Å². The lowest BCUT2D eigenvalue weighted by molar-refractivity contribution is -0.120. The lowest BCUT2D eigenvalue weighted by Gasteiger charge is -2.40. The van der Waals surface area contributed by atoms with Crippen molar-refractivity contribution in [1.29, 1.82) is 0 Å². The van der Waals surface area contributed by atoms with Gasteiger partial charge in [-0.2, -0.15) is 0 Å². The maximum Gasteiger partial charge on any atom is 0.230 e. The van der Waals surface area contributed by atoms with Crippen LogP contribution in [0.5, 0.6) is 0 Å². The summed E-state index contributed by atoms with van der Waals surface area (Å²) >= 11 is 3.20. The summed E-state index contributed by atoms with van der Waals surface area (Å²) in [5, 5.41) is 3.56. The van der Waals surface area contributed by atoms with Crippen LogP contribution in [-0.2, 0) is 4.79 Å². The third-order valence-electron chi connectivity index (χ3n) is 3.35. The Balaban J connectivity index is 2.62. The predicted molar refractivity (Wildman–Crippen MR) is 67.1 cm³/mol. The van der Waals surface area contributed by atoms with Crippen molar-refractivity contribution in [3.05, 3.63) is 0 Å². The normalized spacial score (nSPS) is 27.5. The Kier molecular flexibility index (Phi) is 4.63. The number of alkyl halides is 1. The molecule has 0 spiro atoms. The van der Waals surface area contributed by atoms with Gasteiger partial charge in [-0.3, -0.25) is 4.79 Å². The molecule has 1 N–H and O–H groups in total. The van der Waals surface area contributed by atoms with E-state index in [2.05, 4.69) is 42.0 Å². The third kappa shape index (κ3) is 3.78. The molecule has 15 heavy (non-hydrogen) atoms. The minimum Gasteiger partial charge on any atom is -0.352 e.